The minimum absolute atomic E-state index is 0.161. The van der Waals surface area contributed by atoms with E-state index in [0.29, 0.717) is 0 Å². The topological polar surface area (TPSA) is 21.3 Å². The van der Waals surface area contributed by atoms with Gasteiger partial charge in [-0.15, -0.1) is 0 Å². The van der Waals surface area contributed by atoms with Crippen LogP contribution in [0.1, 0.15) is 33.6 Å². The van der Waals surface area contributed by atoms with Crippen LogP contribution in [0.4, 0.5) is 0 Å². The van der Waals surface area contributed by atoms with Crippen LogP contribution in [0.3, 0.4) is 0 Å². The normalized spacial score (nSPS) is 12.0. The van der Waals surface area contributed by atoms with Crippen molar-refractivity contribution in [1.82, 2.24) is 5.48 Å². The van der Waals surface area contributed by atoms with E-state index in [0.717, 1.165) is 12.8 Å². The largest absolute Gasteiger partial charge is 0.305 e. The van der Waals surface area contributed by atoms with Gasteiger partial charge in [0.2, 0.25) is 0 Å². The molecule has 0 heterocycles. The first-order valence-electron chi connectivity index (χ1n) is 3.48. The molecule has 0 fully saturated rings. The molecule has 0 aromatic rings. The highest BCUT2D eigenvalue weighted by Gasteiger charge is 2.17. The van der Waals surface area contributed by atoms with E-state index < -0.39 is 0 Å². The van der Waals surface area contributed by atoms with E-state index in [4.69, 9.17) is 4.84 Å². The average Bonchev–Trinajstić information content (AvgIpc) is 1.89. The molecule has 0 rings (SSSR count). The van der Waals surface area contributed by atoms with Crippen LogP contribution in [0, 0.1) is 0 Å². The summed E-state index contributed by atoms with van der Waals surface area (Å²) < 4.78 is 0. The zero-order valence-corrected chi connectivity index (χ0v) is 6.82. The van der Waals surface area contributed by atoms with Crippen LogP contribution in [0.25, 0.3) is 0 Å². The zero-order chi connectivity index (χ0) is 7.33. The standard InChI is InChI=1S/C7H17NO/c1-5-7(3,6-2)8-9-4/h8H,5-6H2,1-4H3. The van der Waals surface area contributed by atoms with Gasteiger partial charge in [-0.1, -0.05) is 13.8 Å². The molecule has 9 heavy (non-hydrogen) atoms. The van der Waals surface area contributed by atoms with Gasteiger partial charge in [0.25, 0.3) is 0 Å². The van der Waals surface area contributed by atoms with E-state index >= 15 is 0 Å². The Kier molecular flexibility index (Phi) is 3.82. The molecule has 0 spiro atoms. The fourth-order valence-corrected chi connectivity index (χ4v) is 0.641. The lowest BCUT2D eigenvalue weighted by Crippen LogP contribution is -2.40. The third-order valence-corrected chi connectivity index (χ3v) is 1.91. The Morgan fingerprint density at radius 1 is 1.33 bits per heavy atom. The van der Waals surface area contributed by atoms with Gasteiger partial charge in [0.1, 0.15) is 0 Å². The molecule has 0 bridgehead atoms. The molecule has 0 aromatic heterocycles. The summed E-state index contributed by atoms with van der Waals surface area (Å²) in [4.78, 5) is 4.84. The molecule has 0 atom stereocenters. The zero-order valence-electron chi connectivity index (χ0n) is 6.82. The molecule has 2 heteroatoms. The highest BCUT2D eigenvalue weighted by molar-refractivity contribution is 4.74. The van der Waals surface area contributed by atoms with Crippen LogP contribution in [-0.4, -0.2) is 12.6 Å². The van der Waals surface area contributed by atoms with Gasteiger partial charge in [-0.3, -0.25) is 0 Å². The predicted molar refractivity (Wildman–Crippen MR) is 39.1 cm³/mol. The van der Waals surface area contributed by atoms with Crippen molar-refractivity contribution in [1.29, 1.82) is 0 Å². The lowest BCUT2D eigenvalue weighted by molar-refractivity contribution is 0.0161. The highest BCUT2D eigenvalue weighted by Crippen LogP contribution is 2.12. The van der Waals surface area contributed by atoms with Gasteiger partial charge in [0.05, 0.1) is 7.11 Å². The number of rotatable bonds is 4. The molecular weight excluding hydrogens is 114 g/mol. The smallest absolute Gasteiger partial charge is 0.0572 e. The van der Waals surface area contributed by atoms with Crippen LogP contribution >= 0.6 is 0 Å². The Morgan fingerprint density at radius 3 is 1.89 bits per heavy atom. The van der Waals surface area contributed by atoms with E-state index in [1.165, 1.54) is 0 Å². The maximum absolute atomic E-state index is 4.84. The molecule has 0 saturated carbocycles. The van der Waals surface area contributed by atoms with E-state index in [9.17, 15) is 0 Å². The first-order valence-corrected chi connectivity index (χ1v) is 3.48. The molecule has 0 aliphatic rings. The van der Waals surface area contributed by atoms with Crippen LogP contribution in [0.5, 0.6) is 0 Å². The molecule has 0 aromatic carbocycles. The van der Waals surface area contributed by atoms with Crippen LogP contribution in [0.15, 0.2) is 0 Å². The fourth-order valence-electron chi connectivity index (χ4n) is 0.641. The van der Waals surface area contributed by atoms with E-state index in [2.05, 4.69) is 26.3 Å². The summed E-state index contributed by atoms with van der Waals surface area (Å²) in [6.45, 7) is 6.45. The summed E-state index contributed by atoms with van der Waals surface area (Å²) in [7, 11) is 1.66. The average molecular weight is 131 g/mol. The number of hydrogen-bond acceptors (Lipinski definition) is 2. The van der Waals surface area contributed by atoms with Gasteiger partial charge in [-0.2, -0.15) is 5.48 Å². The summed E-state index contributed by atoms with van der Waals surface area (Å²) in [6, 6.07) is 0. The number of hydroxylamine groups is 1. The molecular formula is C7H17NO. The van der Waals surface area contributed by atoms with E-state index in [-0.39, 0.29) is 5.54 Å². The quantitative estimate of drug-likeness (QED) is 0.586. The van der Waals surface area contributed by atoms with Gasteiger partial charge < -0.3 is 4.84 Å². The first kappa shape index (κ1) is 8.92. The molecule has 0 aliphatic heterocycles. The second kappa shape index (κ2) is 3.85. The van der Waals surface area contributed by atoms with Gasteiger partial charge in [-0.25, -0.2) is 0 Å². The Bertz CT molecular complexity index is 69.3. The maximum Gasteiger partial charge on any atom is 0.0572 e. The molecule has 2 nitrogen and oxygen atoms in total. The van der Waals surface area contributed by atoms with E-state index in [1.54, 1.807) is 7.11 Å². The minimum atomic E-state index is 0.161. The van der Waals surface area contributed by atoms with Crippen molar-refractivity contribution < 1.29 is 4.84 Å². The Labute approximate surface area is 57.5 Å². The van der Waals surface area contributed by atoms with Crippen LogP contribution in [-0.2, 0) is 4.84 Å². The Balaban J connectivity index is 3.62. The lowest BCUT2D eigenvalue weighted by atomic mass is 9.97. The third-order valence-electron chi connectivity index (χ3n) is 1.91. The van der Waals surface area contributed by atoms with Crippen LogP contribution in [0.2, 0.25) is 0 Å². The second-order valence-corrected chi connectivity index (χ2v) is 2.57. The third kappa shape index (κ3) is 2.82. The van der Waals surface area contributed by atoms with Gasteiger partial charge in [0.15, 0.2) is 0 Å². The summed E-state index contributed by atoms with van der Waals surface area (Å²) in [6.07, 6.45) is 2.19. The second-order valence-electron chi connectivity index (χ2n) is 2.57. The first-order chi connectivity index (χ1) is 4.18. The van der Waals surface area contributed by atoms with Crippen molar-refractivity contribution in [2.45, 2.75) is 39.2 Å². The monoisotopic (exact) mass is 131 g/mol. The van der Waals surface area contributed by atoms with E-state index in [1.807, 2.05) is 0 Å². The van der Waals surface area contributed by atoms with Crippen molar-refractivity contribution >= 4 is 0 Å². The summed E-state index contributed by atoms with van der Waals surface area (Å²) in [5.74, 6) is 0. The molecule has 0 saturated heterocycles. The fraction of sp³-hybridized carbons (Fsp3) is 1.00. The van der Waals surface area contributed by atoms with Gasteiger partial charge in [0, 0.05) is 5.54 Å². The predicted octanol–water partition coefficient (Wildman–Crippen LogP) is 1.72. The van der Waals surface area contributed by atoms with Gasteiger partial charge in [-0.05, 0) is 19.8 Å². The summed E-state index contributed by atoms with van der Waals surface area (Å²) >= 11 is 0. The van der Waals surface area contributed by atoms with Crippen molar-refractivity contribution in [3.05, 3.63) is 0 Å². The van der Waals surface area contributed by atoms with Crippen molar-refractivity contribution in [3.8, 4) is 0 Å². The number of nitrogens with one attached hydrogen (secondary N) is 1. The molecule has 0 amide bonds. The highest BCUT2D eigenvalue weighted by atomic mass is 16.6. The molecule has 56 valence electrons. The number of hydrogen-bond donors (Lipinski definition) is 1. The van der Waals surface area contributed by atoms with Crippen molar-refractivity contribution in [3.63, 3.8) is 0 Å². The lowest BCUT2D eigenvalue weighted by Gasteiger charge is -2.26. The molecule has 0 aliphatic carbocycles. The van der Waals surface area contributed by atoms with Crippen molar-refractivity contribution in [2.75, 3.05) is 7.11 Å². The Hall–Kier alpha value is -0.0800. The van der Waals surface area contributed by atoms with Gasteiger partial charge >= 0.3 is 0 Å². The SMILES string of the molecule is CCC(C)(CC)NOC. The summed E-state index contributed by atoms with van der Waals surface area (Å²) in [5, 5.41) is 0. The summed E-state index contributed by atoms with van der Waals surface area (Å²) in [5.41, 5.74) is 3.12. The Morgan fingerprint density at radius 2 is 1.78 bits per heavy atom. The van der Waals surface area contributed by atoms with Crippen LogP contribution < -0.4 is 5.48 Å². The molecule has 1 N–H and O–H groups in total. The van der Waals surface area contributed by atoms with Crippen molar-refractivity contribution in [2.24, 2.45) is 0 Å². The molecule has 0 radical (unpaired) electrons. The maximum atomic E-state index is 4.84. The molecule has 0 unspecified atom stereocenters. The minimum Gasteiger partial charge on any atom is -0.305 e.